The van der Waals surface area contributed by atoms with E-state index in [0.717, 1.165) is 5.56 Å². The van der Waals surface area contributed by atoms with Gasteiger partial charge in [0.15, 0.2) is 0 Å². The van der Waals surface area contributed by atoms with Crippen LogP contribution in [0.25, 0.3) is 0 Å². The van der Waals surface area contributed by atoms with E-state index in [9.17, 15) is 0 Å². The lowest BCUT2D eigenvalue weighted by molar-refractivity contribution is 0.202. The third-order valence-electron chi connectivity index (χ3n) is 1.80. The van der Waals surface area contributed by atoms with Gasteiger partial charge in [-0.1, -0.05) is 0 Å². The number of hydrogen-bond acceptors (Lipinski definition) is 4. The molecule has 0 unspecified atom stereocenters. The largest absolute Gasteiger partial charge is 0.490 e. The highest BCUT2D eigenvalue weighted by Gasteiger charge is 2.15. The zero-order valence-electron chi connectivity index (χ0n) is 7.47. The fraction of sp³-hybridized carbons (Fsp3) is 0.375. The molecule has 1 aromatic rings. The van der Waals surface area contributed by atoms with Crippen LogP contribution in [0, 0.1) is 0 Å². The molecule has 0 aliphatic rings. The van der Waals surface area contributed by atoms with E-state index in [4.69, 9.17) is 14.8 Å². The van der Waals surface area contributed by atoms with Crippen molar-refractivity contribution < 1.29 is 14.8 Å². The summed E-state index contributed by atoms with van der Waals surface area (Å²) in [6, 6.07) is 1.76. The summed E-state index contributed by atoms with van der Waals surface area (Å²) in [6.45, 7) is 0.559. The standard InChI is InChI=1S/C8H12BNO3/c1-13-5-3-7-2-4-10-6-8(7)9(11)12/h2,4,6,11-12H,3,5H2,1H3. The molecular formula is C8H12BNO3. The molecule has 0 fully saturated rings. The minimum Gasteiger partial charge on any atom is -0.423 e. The van der Waals surface area contributed by atoms with E-state index >= 15 is 0 Å². The quantitative estimate of drug-likeness (QED) is 0.581. The molecule has 13 heavy (non-hydrogen) atoms. The molecule has 0 saturated heterocycles. The Bertz CT molecular complexity index is 267. The van der Waals surface area contributed by atoms with Crippen molar-refractivity contribution in [2.45, 2.75) is 6.42 Å². The fourth-order valence-electron chi connectivity index (χ4n) is 1.11. The first kappa shape index (κ1) is 10.2. The van der Waals surface area contributed by atoms with Gasteiger partial charge in [-0.25, -0.2) is 0 Å². The van der Waals surface area contributed by atoms with Gasteiger partial charge in [-0.15, -0.1) is 0 Å². The van der Waals surface area contributed by atoms with Gasteiger partial charge in [0.05, 0.1) is 6.61 Å². The third-order valence-corrected chi connectivity index (χ3v) is 1.80. The maximum absolute atomic E-state index is 8.98. The van der Waals surface area contributed by atoms with Gasteiger partial charge in [0, 0.05) is 25.0 Å². The Morgan fingerprint density at radius 2 is 2.31 bits per heavy atom. The highest BCUT2D eigenvalue weighted by Crippen LogP contribution is 1.96. The van der Waals surface area contributed by atoms with Gasteiger partial charge in [-0.05, 0) is 18.1 Å². The summed E-state index contributed by atoms with van der Waals surface area (Å²) in [5, 5.41) is 18.0. The molecule has 4 nitrogen and oxygen atoms in total. The first-order valence-corrected chi connectivity index (χ1v) is 4.03. The molecule has 1 aromatic heterocycles. The van der Waals surface area contributed by atoms with Crippen LogP contribution in [0.3, 0.4) is 0 Å². The molecule has 0 saturated carbocycles. The van der Waals surface area contributed by atoms with Crippen LogP contribution in [-0.4, -0.2) is 35.9 Å². The fourth-order valence-corrected chi connectivity index (χ4v) is 1.11. The first-order chi connectivity index (χ1) is 6.25. The molecular weight excluding hydrogens is 169 g/mol. The summed E-state index contributed by atoms with van der Waals surface area (Å²) in [4.78, 5) is 3.81. The molecule has 0 aromatic carbocycles. The summed E-state index contributed by atoms with van der Waals surface area (Å²) in [5.41, 5.74) is 1.30. The second kappa shape index (κ2) is 4.96. The predicted octanol–water partition coefficient (Wildman–Crippen LogP) is -1.05. The second-order valence-corrected chi connectivity index (χ2v) is 2.69. The van der Waals surface area contributed by atoms with Crippen molar-refractivity contribution in [1.29, 1.82) is 0 Å². The van der Waals surface area contributed by atoms with Crippen LogP contribution in [0.2, 0.25) is 0 Å². The molecule has 1 rings (SSSR count). The summed E-state index contributed by atoms with van der Waals surface area (Å²) in [6.07, 6.45) is 3.73. The van der Waals surface area contributed by atoms with E-state index in [2.05, 4.69) is 4.98 Å². The molecule has 0 aliphatic carbocycles. The van der Waals surface area contributed by atoms with Gasteiger partial charge < -0.3 is 14.8 Å². The van der Waals surface area contributed by atoms with Gasteiger partial charge >= 0.3 is 7.12 Å². The molecule has 0 radical (unpaired) electrons. The molecule has 0 spiro atoms. The highest BCUT2D eigenvalue weighted by molar-refractivity contribution is 6.59. The minimum absolute atomic E-state index is 0.444. The topological polar surface area (TPSA) is 62.6 Å². The number of methoxy groups -OCH3 is 1. The Kier molecular flexibility index (Phi) is 3.88. The van der Waals surface area contributed by atoms with Crippen molar-refractivity contribution in [3.63, 3.8) is 0 Å². The SMILES string of the molecule is COCCc1ccncc1B(O)O. The third kappa shape index (κ3) is 2.80. The average Bonchev–Trinajstić information content (AvgIpc) is 2.15. The second-order valence-electron chi connectivity index (χ2n) is 2.69. The number of nitrogens with zero attached hydrogens (tertiary/aromatic N) is 1. The Hall–Kier alpha value is -0.905. The van der Waals surface area contributed by atoms with E-state index in [1.165, 1.54) is 6.20 Å². The molecule has 70 valence electrons. The lowest BCUT2D eigenvalue weighted by Gasteiger charge is -2.06. The van der Waals surface area contributed by atoms with Crippen molar-refractivity contribution in [3.8, 4) is 0 Å². The van der Waals surface area contributed by atoms with Crippen LogP contribution in [-0.2, 0) is 11.2 Å². The molecule has 2 N–H and O–H groups in total. The van der Waals surface area contributed by atoms with Crippen molar-refractivity contribution in [2.24, 2.45) is 0 Å². The minimum atomic E-state index is -1.46. The molecule has 5 heteroatoms. The molecule has 1 heterocycles. The zero-order valence-corrected chi connectivity index (χ0v) is 7.47. The maximum atomic E-state index is 8.98. The molecule has 0 amide bonds. The van der Waals surface area contributed by atoms with E-state index in [0.29, 0.717) is 18.5 Å². The maximum Gasteiger partial charge on any atom is 0.490 e. The van der Waals surface area contributed by atoms with Crippen LogP contribution >= 0.6 is 0 Å². The highest BCUT2D eigenvalue weighted by atomic mass is 16.5. The lowest BCUT2D eigenvalue weighted by Crippen LogP contribution is -2.33. The number of hydrogen-bond donors (Lipinski definition) is 2. The number of ether oxygens (including phenoxy) is 1. The normalized spacial score (nSPS) is 10.1. The van der Waals surface area contributed by atoms with Crippen LogP contribution in [0.1, 0.15) is 5.56 Å². The van der Waals surface area contributed by atoms with Gasteiger partial charge in [-0.3, -0.25) is 4.98 Å². The van der Waals surface area contributed by atoms with Gasteiger partial charge in [0.25, 0.3) is 0 Å². The van der Waals surface area contributed by atoms with Crippen molar-refractivity contribution in [1.82, 2.24) is 4.98 Å². The van der Waals surface area contributed by atoms with Crippen LogP contribution in [0.5, 0.6) is 0 Å². The molecule has 0 atom stereocenters. The van der Waals surface area contributed by atoms with Gasteiger partial charge in [0.2, 0.25) is 0 Å². The van der Waals surface area contributed by atoms with Gasteiger partial charge in [-0.2, -0.15) is 0 Å². The Morgan fingerprint density at radius 3 is 2.92 bits per heavy atom. The van der Waals surface area contributed by atoms with Crippen molar-refractivity contribution in [2.75, 3.05) is 13.7 Å². The van der Waals surface area contributed by atoms with Gasteiger partial charge in [0.1, 0.15) is 0 Å². The Morgan fingerprint density at radius 1 is 1.54 bits per heavy atom. The Labute approximate surface area is 77.3 Å². The monoisotopic (exact) mass is 181 g/mol. The summed E-state index contributed by atoms with van der Waals surface area (Å²) < 4.78 is 4.90. The smallest absolute Gasteiger partial charge is 0.423 e. The van der Waals surface area contributed by atoms with Crippen LogP contribution in [0.4, 0.5) is 0 Å². The summed E-state index contributed by atoms with van der Waals surface area (Å²) in [5.74, 6) is 0. The van der Waals surface area contributed by atoms with E-state index in [-0.39, 0.29) is 0 Å². The Balaban J connectivity index is 2.78. The first-order valence-electron chi connectivity index (χ1n) is 4.03. The van der Waals surface area contributed by atoms with Crippen LogP contribution < -0.4 is 5.46 Å². The molecule has 0 aliphatic heterocycles. The number of aromatic nitrogens is 1. The summed E-state index contributed by atoms with van der Waals surface area (Å²) in [7, 11) is 0.150. The van der Waals surface area contributed by atoms with E-state index in [1.54, 1.807) is 19.4 Å². The number of rotatable bonds is 4. The van der Waals surface area contributed by atoms with Crippen molar-refractivity contribution >= 4 is 12.6 Å². The zero-order chi connectivity index (χ0) is 9.68. The number of pyridine rings is 1. The summed E-state index contributed by atoms with van der Waals surface area (Å²) >= 11 is 0. The van der Waals surface area contributed by atoms with E-state index < -0.39 is 7.12 Å². The van der Waals surface area contributed by atoms with E-state index in [1.807, 2.05) is 0 Å². The lowest BCUT2D eigenvalue weighted by atomic mass is 9.78. The average molecular weight is 181 g/mol. The predicted molar refractivity (Wildman–Crippen MR) is 49.6 cm³/mol. The van der Waals surface area contributed by atoms with Crippen LogP contribution in [0.15, 0.2) is 18.5 Å². The molecule has 0 bridgehead atoms. The van der Waals surface area contributed by atoms with Crippen molar-refractivity contribution in [3.05, 3.63) is 24.0 Å².